The third-order valence-electron chi connectivity index (χ3n) is 2.83. The van der Waals surface area contributed by atoms with Crippen molar-refractivity contribution in [2.24, 2.45) is 11.7 Å². The molecule has 2 aromatic rings. The Morgan fingerprint density at radius 2 is 1.39 bits per heavy atom. The first kappa shape index (κ1) is 12.2. The molecule has 90 valence electrons. The van der Waals surface area contributed by atoms with Crippen molar-refractivity contribution in [1.29, 1.82) is 0 Å². The van der Waals surface area contributed by atoms with Gasteiger partial charge < -0.3 is 0 Å². The molecule has 18 heavy (non-hydrogen) atoms. The first-order valence-electron chi connectivity index (χ1n) is 5.60. The number of hydrogen-bond donors (Lipinski definition) is 2. The predicted molar refractivity (Wildman–Crippen MR) is 72.5 cm³/mol. The molecule has 3 rings (SSSR count). The molecule has 0 atom stereocenters. The van der Waals surface area contributed by atoms with Crippen molar-refractivity contribution in [3.63, 3.8) is 0 Å². The monoisotopic (exact) mass is 238 g/mol. The Morgan fingerprint density at radius 3 is 2.11 bits per heavy atom. The Hall–Kier alpha value is -2.23. The van der Waals surface area contributed by atoms with Gasteiger partial charge in [-0.2, -0.15) is 0 Å². The second-order valence-corrected chi connectivity index (χ2v) is 3.84. The molecule has 0 fully saturated rings. The van der Waals surface area contributed by atoms with Gasteiger partial charge in [-0.25, -0.2) is 0 Å². The van der Waals surface area contributed by atoms with Gasteiger partial charge in [0.1, 0.15) is 0 Å². The molecule has 0 bridgehead atoms. The molecular weight excluding hydrogens is 224 g/mol. The van der Waals surface area contributed by atoms with Crippen molar-refractivity contribution in [3.8, 4) is 0 Å². The summed E-state index contributed by atoms with van der Waals surface area (Å²) in [6, 6.07) is 17.7. The van der Waals surface area contributed by atoms with E-state index in [9.17, 15) is 4.79 Å². The topological polar surface area (TPSA) is 69.1 Å². The van der Waals surface area contributed by atoms with Crippen molar-refractivity contribution in [2.45, 2.75) is 0 Å². The molecule has 1 aliphatic carbocycles. The highest BCUT2D eigenvalue weighted by molar-refractivity contribution is 6.36. The van der Waals surface area contributed by atoms with Crippen LogP contribution in [0.25, 0.3) is 11.6 Å². The molecule has 1 aliphatic rings. The van der Waals surface area contributed by atoms with Gasteiger partial charge in [0, 0.05) is 5.57 Å². The number of hydrogen-bond acceptors (Lipinski definition) is 3. The Bertz CT molecular complexity index is 675. The molecule has 0 aromatic heterocycles. The molecule has 0 saturated carbocycles. The van der Waals surface area contributed by atoms with Gasteiger partial charge in [0.25, 0.3) is 0 Å². The third kappa shape index (κ3) is 2.09. The van der Waals surface area contributed by atoms with Crippen molar-refractivity contribution in [3.05, 3.63) is 70.6 Å². The Labute approximate surface area is 105 Å². The second-order valence-electron chi connectivity index (χ2n) is 3.84. The fourth-order valence-corrected chi connectivity index (χ4v) is 2.10. The average Bonchev–Trinajstić information content (AvgIpc) is 2.78. The zero-order valence-electron chi connectivity index (χ0n) is 9.84. The summed E-state index contributed by atoms with van der Waals surface area (Å²) >= 11 is 0. The predicted octanol–water partition coefficient (Wildman–Crippen LogP) is 0.0676. The summed E-state index contributed by atoms with van der Waals surface area (Å²) in [6.45, 7) is 0. The van der Waals surface area contributed by atoms with E-state index in [2.05, 4.69) is 11.7 Å². The minimum absolute atomic E-state index is 0.104. The quantitative estimate of drug-likeness (QED) is 0.545. The van der Waals surface area contributed by atoms with Crippen LogP contribution in [0, 0.1) is 0 Å². The highest BCUT2D eigenvalue weighted by atomic mass is 16.1. The van der Waals surface area contributed by atoms with E-state index in [0.29, 0.717) is 0 Å². The minimum atomic E-state index is 0.104. The molecule has 0 saturated heterocycles. The highest BCUT2D eigenvalue weighted by Gasteiger charge is 2.15. The number of nitrogens with two attached hydrogens (primary N) is 2. The largest absolute Gasteiger partial charge is 0.289 e. The molecule has 0 radical (unpaired) electrons. The number of fused-ring (bicyclic) bond motifs is 1. The van der Waals surface area contributed by atoms with Gasteiger partial charge >= 0.3 is 0 Å². The van der Waals surface area contributed by atoms with Gasteiger partial charge in [-0.15, -0.1) is 0 Å². The van der Waals surface area contributed by atoms with Crippen molar-refractivity contribution < 1.29 is 4.79 Å². The zero-order valence-corrected chi connectivity index (χ0v) is 9.84. The molecule has 0 unspecified atom stereocenters. The molecule has 0 heterocycles. The van der Waals surface area contributed by atoms with Crippen LogP contribution in [-0.4, -0.2) is 5.78 Å². The molecule has 0 amide bonds. The molecule has 0 spiro atoms. The van der Waals surface area contributed by atoms with Crippen molar-refractivity contribution in [1.82, 2.24) is 0 Å². The number of hydrazine groups is 1. The maximum atomic E-state index is 11.9. The lowest BCUT2D eigenvalue weighted by atomic mass is 10.0. The van der Waals surface area contributed by atoms with Crippen LogP contribution in [-0.2, 0) is 4.79 Å². The van der Waals surface area contributed by atoms with Crippen LogP contribution in [0.1, 0.15) is 5.56 Å². The van der Waals surface area contributed by atoms with E-state index in [4.69, 9.17) is 0 Å². The number of benzene rings is 2. The van der Waals surface area contributed by atoms with E-state index in [1.54, 1.807) is 6.08 Å². The Morgan fingerprint density at radius 1 is 0.778 bits per heavy atom. The van der Waals surface area contributed by atoms with Gasteiger partial charge in [-0.3, -0.25) is 16.5 Å². The zero-order chi connectivity index (χ0) is 13.0. The van der Waals surface area contributed by atoms with Crippen molar-refractivity contribution in [2.75, 3.05) is 0 Å². The Balaban J connectivity index is 0.000000574. The third-order valence-corrected chi connectivity index (χ3v) is 2.83. The molecule has 3 nitrogen and oxygen atoms in total. The van der Waals surface area contributed by atoms with Gasteiger partial charge in [0.15, 0.2) is 5.78 Å². The second kappa shape index (κ2) is 5.40. The summed E-state index contributed by atoms with van der Waals surface area (Å²) in [7, 11) is 0. The highest BCUT2D eigenvalue weighted by Crippen LogP contribution is 2.13. The number of rotatable bonds is 1. The lowest BCUT2D eigenvalue weighted by Crippen LogP contribution is -2.22. The van der Waals surface area contributed by atoms with Crippen LogP contribution >= 0.6 is 0 Å². The lowest BCUT2D eigenvalue weighted by Gasteiger charge is -2.00. The minimum Gasteiger partial charge on any atom is -0.289 e. The smallest absolute Gasteiger partial charge is 0.187 e. The molecule has 0 aliphatic heterocycles. The molecule has 2 aromatic carbocycles. The number of Topliss-reactive ketones (excluding diaryl/α,β-unsaturated/α-hetero) is 1. The normalized spacial score (nSPS) is 12.3. The Kier molecular flexibility index (Phi) is 3.67. The van der Waals surface area contributed by atoms with Gasteiger partial charge in [0.2, 0.25) is 0 Å². The molecular formula is C15H14N2O. The molecule has 4 N–H and O–H groups in total. The maximum absolute atomic E-state index is 11.9. The first-order chi connectivity index (χ1) is 8.86. The van der Waals surface area contributed by atoms with Crippen LogP contribution in [0.3, 0.4) is 0 Å². The standard InChI is InChI=1S/C15H10O.H4N2/c16-14-10-12-8-4-5-9-13(12)15(14)11-6-2-1-3-7-11;1-2/h1-10H;1-2H2. The van der Waals surface area contributed by atoms with Gasteiger partial charge in [0.05, 0.1) is 0 Å². The van der Waals surface area contributed by atoms with Crippen LogP contribution in [0.4, 0.5) is 0 Å². The summed E-state index contributed by atoms with van der Waals surface area (Å²) in [6.07, 6.45) is 1.71. The number of ketones is 1. The van der Waals surface area contributed by atoms with Crippen LogP contribution in [0.5, 0.6) is 0 Å². The average molecular weight is 238 g/mol. The van der Waals surface area contributed by atoms with E-state index in [1.165, 1.54) is 0 Å². The van der Waals surface area contributed by atoms with Gasteiger partial charge in [-0.05, 0) is 22.1 Å². The fraction of sp³-hybridized carbons (Fsp3) is 0. The number of carbonyl (C=O) groups excluding carboxylic acids is 1. The SMILES string of the molecule is NN.O=C1C=c2ccccc2=C1c1ccccc1. The fourth-order valence-electron chi connectivity index (χ4n) is 2.10. The molecule has 3 heteroatoms. The van der Waals surface area contributed by atoms with Crippen LogP contribution < -0.4 is 22.1 Å². The summed E-state index contributed by atoms with van der Waals surface area (Å²) in [5.74, 6) is 8.10. The summed E-state index contributed by atoms with van der Waals surface area (Å²) in [4.78, 5) is 11.9. The number of carbonyl (C=O) groups is 1. The first-order valence-corrected chi connectivity index (χ1v) is 5.60. The van der Waals surface area contributed by atoms with E-state index in [-0.39, 0.29) is 5.78 Å². The van der Waals surface area contributed by atoms with Crippen molar-refractivity contribution >= 4 is 17.4 Å². The van der Waals surface area contributed by atoms with E-state index < -0.39 is 0 Å². The summed E-state index contributed by atoms with van der Waals surface area (Å²) in [5.41, 5.74) is 1.81. The van der Waals surface area contributed by atoms with E-state index >= 15 is 0 Å². The van der Waals surface area contributed by atoms with Crippen LogP contribution in [0.15, 0.2) is 54.6 Å². The lowest BCUT2D eigenvalue weighted by molar-refractivity contribution is -0.108. The van der Waals surface area contributed by atoms with E-state index in [0.717, 1.165) is 21.6 Å². The van der Waals surface area contributed by atoms with E-state index in [1.807, 2.05) is 54.6 Å². The summed E-state index contributed by atoms with van der Waals surface area (Å²) < 4.78 is 0. The summed E-state index contributed by atoms with van der Waals surface area (Å²) in [5, 5.41) is 2.06. The van der Waals surface area contributed by atoms with Gasteiger partial charge in [-0.1, -0.05) is 54.6 Å². The van der Waals surface area contributed by atoms with Crippen LogP contribution in [0.2, 0.25) is 0 Å². The maximum Gasteiger partial charge on any atom is 0.187 e.